The Hall–Kier alpha value is -1.39. The number of nitrogens with zero attached hydrogens (tertiary/aromatic N) is 2. The summed E-state index contributed by atoms with van der Waals surface area (Å²) in [5.41, 5.74) is 2.62. The lowest BCUT2D eigenvalue weighted by atomic mass is 10.1. The molecule has 108 valence electrons. The summed E-state index contributed by atoms with van der Waals surface area (Å²) in [4.78, 5) is 0. The summed E-state index contributed by atoms with van der Waals surface area (Å²) in [5.74, 6) is 0.249. The van der Waals surface area contributed by atoms with Gasteiger partial charge in [-0.2, -0.15) is 5.10 Å². The standard InChI is InChI=1S/C15H19ClFN3/c1-10(2)7-18-8-11-9-20(3)19-15(11)13-5-4-12(17)6-14(13)16/h4-6,9-10,18H,7-8H2,1-3H3. The predicted molar refractivity (Wildman–Crippen MR) is 80.2 cm³/mol. The SMILES string of the molecule is CC(C)CNCc1cn(C)nc1-c1ccc(F)cc1Cl. The van der Waals surface area contributed by atoms with Crippen LogP contribution in [0.2, 0.25) is 5.02 Å². The van der Waals surface area contributed by atoms with Gasteiger partial charge in [-0.25, -0.2) is 4.39 Å². The molecule has 2 aromatic rings. The summed E-state index contributed by atoms with van der Waals surface area (Å²) in [6.45, 7) is 5.97. The third-order valence-corrected chi connectivity index (χ3v) is 3.27. The first-order valence-electron chi connectivity index (χ1n) is 6.66. The zero-order chi connectivity index (χ0) is 14.7. The Kier molecular flexibility index (Phi) is 4.78. The minimum Gasteiger partial charge on any atom is -0.312 e. The van der Waals surface area contributed by atoms with Crippen molar-refractivity contribution in [2.45, 2.75) is 20.4 Å². The monoisotopic (exact) mass is 295 g/mol. The van der Waals surface area contributed by atoms with Gasteiger partial charge in [0.2, 0.25) is 0 Å². The second-order valence-electron chi connectivity index (χ2n) is 5.33. The predicted octanol–water partition coefficient (Wildman–Crippen LogP) is 3.63. The van der Waals surface area contributed by atoms with Crippen molar-refractivity contribution in [2.75, 3.05) is 6.54 Å². The lowest BCUT2D eigenvalue weighted by molar-refractivity contribution is 0.552. The van der Waals surface area contributed by atoms with Gasteiger partial charge in [-0.3, -0.25) is 4.68 Å². The van der Waals surface area contributed by atoms with Gasteiger partial charge in [0, 0.05) is 30.9 Å². The van der Waals surface area contributed by atoms with Gasteiger partial charge in [-0.15, -0.1) is 0 Å². The number of aromatic nitrogens is 2. The van der Waals surface area contributed by atoms with Crippen molar-refractivity contribution in [1.29, 1.82) is 0 Å². The van der Waals surface area contributed by atoms with E-state index in [-0.39, 0.29) is 5.82 Å². The fraction of sp³-hybridized carbons (Fsp3) is 0.400. The Balaban J connectivity index is 2.27. The van der Waals surface area contributed by atoms with Gasteiger partial charge in [0.05, 0.1) is 10.7 Å². The summed E-state index contributed by atoms with van der Waals surface area (Å²) in [6, 6.07) is 4.39. The van der Waals surface area contributed by atoms with Crippen LogP contribution in [0.4, 0.5) is 4.39 Å². The molecule has 1 heterocycles. The molecule has 20 heavy (non-hydrogen) atoms. The maximum atomic E-state index is 13.1. The molecule has 3 nitrogen and oxygen atoms in total. The normalized spacial score (nSPS) is 11.3. The Morgan fingerprint density at radius 3 is 2.80 bits per heavy atom. The fourth-order valence-corrected chi connectivity index (χ4v) is 2.33. The lowest BCUT2D eigenvalue weighted by Gasteiger charge is -2.08. The third kappa shape index (κ3) is 3.58. The molecule has 0 atom stereocenters. The van der Waals surface area contributed by atoms with E-state index in [0.29, 0.717) is 10.9 Å². The van der Waals surface area contributed by atoms with E-state index in [1.54, 1.807) is 10.7 Å². The molecular weight excluding hydrogens is 277 g/mol. The number of hydrogen-bond donors (Lipinski definition) is 1. The highest BCUT2D eigenvalue weighted by Crippen LogP contribution is 2.29. The van der Waals surface area contributed by atoms with Crippen LogP contribution >= 0.6 is 11.6 Å². The van der Waals surface area contributed by atoms with Crippen LogP contribution in [-0.2, 0) is 13.6 Å². The van der Waals surface area contributed by atoms with Crippen LogP contribution in [0.15, 0.2) is 24.4 Å². The fourth-order valence-electron chi connectivity index (χ4n) is 2.07. The van der Waals surface area contributed by atoms with Crippen molar-refractivity contribution in [3.8, 4) is 11.3 Å². The second kappa shape index (κ2) is 6.37. The second-order valence-corrected chi connectivity index (χ2v) is 5.73. The Morgan fingerprint density at radius 2 is 2.15 bits per heavy atom. The molecule has 0 amide bonds. The largest absolute Gasteiger partial charge is 0.312 e. The molecule has 0 aliphatic heterocycles. The average molecular weight is 296 g/mol. The maximum absolute atomic E-state index is 13.1. The van der Waals surface area contributed by atoms with Gasteiger partial charge in [0.1, 0.15) is 5.82 Å². The molecule has 0 unspecified atom stereocenters. The molecule has 0 saturated carbocycles. The zero-order valence-corrected chi connectivity index (χ0v) is 12.7. The molecule has 0 bridgehead atoms. The van der Waals surface area contributed by atoms with Gasteiger partial charge in [-0.05, 0) is 30.7 Å². The van der Waals surface area contributed by atoms with Crippen molar-refractivity contribution in [3.63, 3.8) is 0 Å². The summed E-state index contributed by atoms with van der Waals surface area (Å²) in [7, 11) is 1.87. The number of hydrogen-bond acceptors (Lipinski definition) is 2. The molecule has 0 spiro atoms. The molecule has 2 rings (SSSR count). The first kappa shape index (κ1) is 15.0. The highest BCUT2D eigenvalue weighted by molar-refractivity contribution is 6.33. The minimum absolute atomic E-state index is 0.339. The topological polar surface area (TPSA) is 29.9 Å². The van der Waals surface area contributed by atoms with E-state index >= 15 is 0 Å². The molecule has 1 aromatic carbocycles. The molecule has 1 aromatic heterocycles. The molecule has 0 radical (unpaired) electrons. The smallest absolute Gasteiger partial charge is 0.124 e. The van der Waals surface area contributed by atoms with Crippen molar-refractivity contribution < 1.29 is 4.39 Å². The molecule has 1 N–H and O–H groups in total. The number of nitrogens with one attached hydrogen (secondary N) is 1. The number of rotatable bonds is 5. The molecule has 0 aliphatic rings. The maximum Gasteiger partial charge on any atom is 0.124 e. The van der Waals surface area contributed by atoms with E-state index in [2.05, 4.69) is 24.3 Å². The van der Waals surface area contributed by atoms with Crippen LogP contribution in [0.1, 0.15) is 19.4 Å². The van der Waals surface area contributed by atoms with Crippen molar-refractivity contribution in [2.24, 2.45) is 13.0 Å². The van der Waals surface area contributed by atoms with Gasteiger partial charge >= 0.3 is 0 Å². The van der Waals surface area contributed by atoms with E-state index in [9.17, 15) is 4.39 Å². The van der Waals surface area contributed by atoms with Crippen molar-refractivity contribution in [1.82, 2.24) is 15.1 Å². The van der Waals surface area contributed by atoms with Crippen molar-refractivity contribution >= 4 is 11.6 Å². The first-order chi connectivity index (χ1) is 9.47. The van der Waals surface area contributed by atoms with Gasteiger partial charge in [-0.1, -0.05) is 25.4 Å². The minimum atomic E-state index is -0.339. The molecule has 5 heteroatoms. The van der Waals surface area contributed by atoms with E-state index in [1.807, 2.05) is 13.2 Å². The Labute approximate surface area is 123 Å². The summed E-state index contributed by atoms with van der Waals surface area (Å²) in [6.07, 6.45) is 1.96. The van der Waals surface area contributed by atoms with Crippen molar-refractivity contribution in [3.05, 3.63) is 40.8 Å². The molecule has 0 saturated heterocycles. The third-order valence-electron chi connectivity index (χ3n) is 2.96. The first-order valence-corrected chi connectivity index (χ1v) is 7.04. The number of aryl methyl sites for hydroxylation is 1. The number of halogens is 2. The Morgan fingerprint density at radius 1 is 1.40 bits per heavy atom. The van der Waals surface area contributed by atoms with Crippen LogP contribution in [0.3, 0.4) is 0 Å². The number of benzene rings is 1. The van der Waals surface area contributed by atoms with Crippen LogP contribution in [-0.4, -0.2) is 16.3 Å². The van der Waals surface area contributed by atoms with E-state index in [4.69, 9.17) is 11.6 Å². The average Bonchev–Trinajstić information content (AvgIpc) is 2.70. The van der Waals surface area contributed by atoms with Crippen LogP contribution < -0.4 is 5.32 Å². The quantitative estimate of drug-likeness (QED) is 0.913. The molecule has 0 fully saturated rings. The van der Waals surface area contributed by atoms with Crippen LogP contribution in [0.5, 0.6) is 0 Å². The lowest BCUT2D eigenvalue weighted by Crippen LogP contribution is -2.19. The highest BCUT2D eigenvalue weighted by Gasteiger charge is 2.13. The van der Waals surface area contributed by atoms with Crippen LogP contribution in [0.25, 0.3) is 11.3 Å². The summed E-state index contributed by atoms with van der Waals surface area (Å²) < 4.78 is 14.9. The van der Waals surface area contributed by atoms with Crippen LogP contribution in [0, 0.1) is 11.7 Å². The zero-order valence-electron chi connectivity index (χ0n) is 12.0. The van der Waals surface area contributed by atoms with E-state index in [1.165, 1.54) is 12.1 Å². The Bertz CT molecular complexity index is 593. The van der Waals surface area contributed by atoms with Gasteiger partial charge < -0.3 is 5.32 Å². The highest BCUT2D eigenvalue weighted by atomic mass is 35.5. The van der Waals surface area contributed by atoms with Gasteiger partial charge in [0.15, 0.2) is 0 Å². The molecular formula is C15H19ClFN3. The van der Waals surface area contributed by atoms with E-state index in [0.717, 1.165) is 29.9 Å². The summed E-state index contributed by atoms with van der Waals surface area (Å²) in [5, 5.41) is 8.21. The van der Waals surface area contributed by atoms with E-state index < -0.39 is 0 Å². The van der Waals surface area contributed by atoms with Gasteiger partial charge in [0.25, 0.3) is 0 Å². The molecule has 0 aliphatic carbocycles. The summed E-state index contributed by atoms with van der Waals surface area (Å²) >= 11 is 6.12.